The normalized spacial score (nSPS) is 25.0. The average molecular weight is 294 g/mol. The van der Waals surface area contributed by atoms with E-state index in [0.717, 1.165) is 41.9 Å². The molecule has 0 radical (unpaired) electrons. The Hall–Kier alpha value is -2.42. The molecule has 3 atom stereocenters. The molecular weight excluding hydrogens is 276 g/mol. The second-order valence-electron chi connectivity index (χ2n) is 6.20. The second kappa shape index (κ2) is 5.09. The summed E-state index contributed by atoms with van der Waals surface area (Å²) in [6.07, 6.45) is 7.56. The Morgan fingerprint density at radius 3 is 3.14 bits per heavy atom. The summed E-state index contributed by atoms with van der Waals surface area (Å²) in [6, 6.07) is 4.34. The van der Waals surface area contributed by atoms with Gasteiger partial charge in [0.1, 0.15) is 5.82 Å². The van der Waals surface area contributed by atoms with Crippen LogP contribution in [0.1, 0.15) is 44.3 Å². The Balaban J connectivity index is 1.83. The number of aromatic nitrogens is 5. The number of aromatic amines is 1. The van der Waals surface area contributed by atoms with E-state index in [-0.39, 0.29) is 0 Å². The van der Waals surface area contributed by atoms with Gasteiger partial charge in [-0.1, -0.05) is 13.3 Å². The van der Waals surface area contributed by atoms with Gasteiger partial charge in [0, 0.05) is 18.5 Å². The molecule has 3 aromatic heterocycles. The predicted molar refractivity (Wildman–Crippen MR) is 82.1 cm³/mol. The summed E-state index contributed by atoms with van der Waals surface area (Å²) in [5.41, 5.74) is 2.67. The fraction of sp³-hybridized carbons (Fsp3) is 0.500. The topological polar surface area (TPSA) is 82.7 Å². The molecule has 6 nitrogen and oxygen atoms in total. The second-order valence-corrected chi connectivity index (χ2v) is 6.20. The SMILES string of the molecule is CCC1CC(CC#N)CC1c1nnc2cnc3[nH]ccc3n12. The molecule has 0 bridgehead atoms. The molecule has 0 aromatic carbocycles. The van der Waals surface area contributed by atoms with E-state index in [1.807, 2.05) is 12.3 Å². The number of nitriles is 1. The van der Waals surface area contributed by atoms with Crippen molar-refractivity contribution in [3.8, 4) is 6.07 Å². The third kappa shape index (κ3) is 1.89. The Morgan fingerprint density at radius 1 is 1.41 bits per heavy atom. The molecule has 3 aromatic rings. The maximum Gasteiger partial charge on any atom is 0.179 e. The zero-order valence-corrected chi connectivity index (χ0v) is 12.5. The smallest absolute Gasteiger partial charge is 0.179 e. The first-order valence-electron chi connectivity index (χ1n) is 7.85. The van der Waals surface area contributed by atoms with E-state index in [0.29, 0.717) is 24.2 Å². The number of nitrogens with one attached hydrogen (secondary N) is 1. The Bertz CT molecular complexity index is 854. The number of hydrogen-bond donors (Lipinski definition) is 1. The lowest BCUT2D eigenvalue weighted by molar-refractivity contribution is 0.445. The van der Waals surface area contributed by atoms with Gasteiger partial charge < -0.3 is 4.98 Å². The zero-order valence-electron chi connectivity index (χ0n) is 12.5. The molecule has 1 saturated carbocycles. The highest BCUT2D eigenvalue weighted by molar-refractivity contribution is 5.74. The van der Waals surface area contributed by atoms with Gasteiger partial charge in [-0.05, 0) is 30.7 Å². The first-order valence-corrected chi connectivity index (χ1v) is 7.85. The van der Waals surface area contributed by atoms with Crippen LogP contribution in [0.4, 0.5) is 0 Å². The molecule has 1 fully saturated rings. The van der Waals surface area contributed by atoms with Crippen LogP contribution in [0.2, 0.25) is 0 Å². The van der Waals surface area contributed by atoms with Gasteiger partial charge in [-0.3, -0.25) is 4.40 Å². The van der Waals surface area contributed by atoms with Crippen LogP contribution < -0.4 is 0 Å². The molecule has 3 unspecified atom stereocenters. The van der Waals surface area contributed by atoms with Crippen molar-refractivity contribution in [1.29, 1.82) is 5.26 Å². The van der Waals surface area contributed by atoms with Crippen molar-refractivity contribution in [2.75, 3.05) is 0 Å². The van der Waals surface area contributed by atoms with Crippen molar-refractivity contribution in [1.82, 2.24) is 24.6 Å². The molecule has 22 heavy (non-hydrogen) atoms. The van der Waals surface area contributed by atoms with E-state index < -0.39 is 0 Å². The monoisotopic (exact) mass is 294 g/mol. The van der Waals surface area contributed by atoms with Gasteiger partial charge >= 0.3 is 0 Å². The van der Waals surface area contributed by atoms with Crippen molar-refractivity contribution in [3.05, 3.63) is 24.3 Å². The highest BCUT2D eigenvalue weighted by atomic mass is 15.3. The number of hydrogen-bond acceptors (Lipinski definition) is 4. The molecule has 0 amide bonds. The maximum atomic E-state index is 8.99. The predicted octanol–water partition coefficient (Wildman–Crippen LogP) is 3.04. The molecule has 0 saturated heterocycles. The summed E-state index contributed by atoms with van der Waals surface area (Å²) >= 11 is 0. The summed E-state index contributed by atoms with van der Waals surface area (Å²) < 4.78 is 2.13. The molecule has 112 valence electrons. The van der Waals surface area contributed by atoms with Crippen molar-refractivity contribution in [2.24, 2.45) is 11.8 Å². The van der Waals surface area contributed by atoms with Gasteiger partial charge in [-0.25, -0.2) is 4.98 Å². The van der Waals surface area contributed by atoms with Gasteiger partial charge in [0.2, 0.25) is 0 Å². The Morgan fingerprint density at radius 2 is 2.32 bits per heavy atom. The maximum absolute atomic E-state index is 8.99. The molecule has 1 aliphatic rings. The van der Waals surface area contributed by atoms with Crippen molar-refractivity contribution < 1.29 is 0 Å². The van der Waals surface area contributed by atoms with Crippen LogP contribution >= 0.6 is 0 Å². The average Bonchev–Trinajstić information content (AvgIpc) is 3.23. The molecule has 4 rings (SSSR count). The minimum absolute atomic E-state index is 0.374. The van der Waals surface area contributed by atoms with Gasteiger partial charge in [-0.15, -0.1) is 10.2 Å². The summed E-state index contributed by atoms with van der Waals surface area (Å²) in [7, 11) is 0. The van der Waals surface area contributed by atoms with E-state index >= 15 is 0 Å². The molecular formula is C16H18N6. The standard InChI is InChI=1S/C16H18N6/c1-2-11-7-10(3-5-17)8-12(11)16-21-20-14-9-19-15-13(22(14)16)4-6-18-15/h4,6,9-12,18H,2-3,7-8H2,1H3. The van der Waals surface area contributed by atoms with Crippen LogP contribution in [0.25, 0.3) is 16.8 Å². The fourth-order valence-corrected chi connectivity index (χ4v) is 3.94. The molecule has 0 spiro atoms. The highest BCUT2D eigenvalue weighted by Crippen LogP contribution is 2.45. The quantitative estimate of drug-likeness (QED) is 0.804. The third-order valence-corrected chi connectivity index (χ3v) is 5.00. The van der Waals surface area contributed by atoms with Crippen molar-refractivity contribution >= 4 is 16.8 Å². The summed E-state index contributed by atoms with van der Waals surface area (Å²) in [6.45, 7) is 2.23. The van der Waals surface area contributed by atoms with E-state index in [2.05, 4.69) is 37.6 Å². The van der Waals surface area contributed by atoms with Crippen molar-refractivity contribution in [3.63, 3.8) is 0 Å². The van der Waals surface area contributed by atoms with Crippen LogP contribution in [-0.4, -0.2) is 24.6 Å². The van der Waals surface area contributed by atoms with Crippen molar-refractivity contribution in [2.45, 2.75) is 38.5 Å². The Labute approximate surface area is 128 Å². The minimum Gasteiger partial charge on any atom is -0.345 e. The summed E-state index contributed by atoms with van der Waals surface area (Å²) in [4.78, 5) is 7.51. The Kier molecular flexibility index (Phi) is 3.07. The minimum atomic E-state index is 0.374. The van der Waals surface area contributed by atoms with Crippen LogP contribution in [0.3, 0.4) is 0 Å². The number of rotatable bonds is 3. The number of fused-ring (bicyclic) bond motifs is 3. The van der Waals surface area contributed by atoms with Crippen LogP contribution in [0.15, 0.2) is 18.5 Å². The van der Waals surface area contributed by atoms with E-state index in [1.54, 1.807) is 6.20 Å². The molecule has 6 heteroatoms. The number of H-pyrrole nitrogens is 1. The van der Waals surface area contributed by atoms with E-state index in [4.69, 9.17) is 5.26 Å². The zero-order chi connectivity index (χ0) is 15.1. The van der Waals surface area contributed by atoms with Gasteiger partial charge in [0.15, 0.2) is 11.3 Å². The lowest BCUT2D eigenvalue weighted by Crippen LogP contribution is -2.09. The first kappa shape index (κ1) is 13.3. The largest absolute Gasteiger partial charge is 0.345 e. The fourth-order valence-electron chi connectivity index (χ4n) is 3.94. The van der Waals surface area contributed by atoms with Gasteiger partial charge in [0.05, 0.1) is 17.8 Å². The lowest BCUT2D eigenvalue weighted by Gasteiger charge is -2.16. The third-order valence-electron chi connectivity index (χ3n) is 5.00. The molecule has 1 N–H and O–H groups in total. The van der Waals surface area contributed by atoms with Crippen LogP contribution in [0.5, 0.6) is 0 Å². The van der Waals surface area contributed by atoms with Crippen LogP contribution in [0, 0.1) is 23.2 Å². The number of nitrogens with zero attached hydrogens (tertiary/aromatic N) is 5. The van der Waals surface area contributed by atoms with Gasteiger partial charge in [-0.2, -0.15) is 5.26 Å². The van der Waals surface area contributed by atoms with E-state index in [1.165, 1.54) is 0 Å². The molecule has 1 aliphatic carbocycles. The lowest BCUT2D eigenvalue weighted by atomic mass is 9.93. The van der Waals surface area contributed by atoms with E-state index in [9.17, 15) is 0 Å². The summed E-state index contributed by atoms with van der Waals surface area (Å²) in [5.74, 6) is 2.46. The van der Waals surface area contributed by atoms with Gasteiger partial charge in [0.25, 0.3) is 0 Å². The summed E-state index contributed by atoms with van der Waals surface area (Å²) in [5, 5.41) is 17.8. The molecule has 0 aliphatic heterocycles. The highest BCUT2D eigenvalue weighted by Gasteiger charge is 2.36. The van der Waals surface area contributed by atoms with Crippen LogP contribution in [-0.2, 0) is 0 Å². The molecule has 3 heterocycles. The first-order chi connectivity index (χ1) is 10.8.